The van der Waals surface area contributed by atoms with Crippen LogP contribution < -0.4 is 11.1 Å². The van der Waals surface area contributed by atoms with Crippen LogP contribution in [0.1, 0.15) is 51.9 Å². The molecule has 3 nitrogen and oxygen atoms in total. The third-order valence-electron chi connectivity index (χ3n) is 3.34. The molecule has 0 aromatic heterocycles. The molecule has 0 aliphatic heterocycles. The first-order valence-corrected chi connectivity index (χ1v) is 6.27. The largest absolute Gasteiger partial charge is 0.355 e. The molecule has 1 atom stereocenters. The minimum atomic E-state index is -0.323. The van der Waals surface area contributed by atoms with Gasteiger partial charge in [0, 0.05) is 6.54 Å². The second kappa shape index (κ2) is 6.83. The van der Waals surface area contributed by atoms with Crippen LogP contribution in [0, 0.1) is 5.92 Å². The Morgan fingerprint density at radius 1 is 1.47 bits per heavy atom. The Bertz CT molecular complexity index is 188. The van der Waals surface area contributed by atoms with Gasteiger partial charge in [0.15, 0.2) is 0 Å². The van der Waals surface area contributed by atoms with Crippen molar-refractivity contribution in [1.29, 1.82) is 0 Å². The maximum absolute atomic E-state index is 11.3. The lowest BCUT2D eigenvalue weighted by atomic mass is 10.0. The van der Waals surface area contributed by atoms with Gasteiger partial charge in [0.25, 0.3) is 0 Å². The predicted octanol–water partition coefficient (Wildman–Crippen LogP) is 1.81. The quantitative estimate of drug-likeness (QED) is 0.660. The van der Waals surface area contributed by atoms with Gasteiger partial charge in [-0.1, -0.05) is 32.6 Å². The van der Waals surface area contributed by atoms with Crippen LogP contribution in [0.15, 0.2) is 0 Å². The van der Waals surface area contributed by atoms with Gasteiger partial charge in [-0.3, -0.25) is 4.79 Å². The molecule has 15 heavy (non-hydrogen) atoms. The molecule has 1 amide bonds. The second-order valence-electron chi connectivity index (χ2n) is 4.60. The summed E-state index contributed by atoms with van der Waals surface area (Å²) in [6.07, 6.45) is 8.67. The van der Waals surface area contributed by atoms with Crippen LogP contribution in [0.25, 0.3) is 0 Å². The SMILES string of the molecule is CC[C@H](N)C(=O)NCCCC1CCCC1. The monoisotopic (exact) mass is 212 g/mol. The molecule has 0 unspecified atom stereocenters. The molecule has 0 aromatic carbocycles. The first kappa shape index (κ1) is 12.5. The Morgan fingerprint density at radius 2 is 2.13 bits per heavy atom. The van der Waals surface area contributed by atoms with E-state index in [4.69, 9.17) is 5.73 Å². The number of rotatable bonds is 6. The Morgan fingerprint density at radius 3 is 2.73 bits per heavy atom. The van der Waals surface area contributed by atoms with Crippen molar-refractivity contribution in [2.24, 2.45) is 11.7 Å². The summed E-state index contributed by atoms with van der Waals surface area (Å²) in [6, 6.07) is -0.323. The van der Waals surface area contributed by atoms with Crippen molar-refractivity contribution in [3.8, 4) is 0 Å². The molecule has 0 aromatic rings. The van der Waals surface area contributed by atoms with Gasteiger partial charge in [-0.15, -0.1) is 0 Å². The van der Waals surface area contributed by atoms with Gasteiger partial charge in [-0.25, -0.2) is 0 Å². The van der Waals surface area contributed by atoms with Gasteiger partial charge in [-0.2, -0.15) is 0 Å². The van der Waals surface area contributed by atoms with E-state index in [-0.39, 0.29) is 11.9 Å². The van der Waals surface area contributed by atoms with Crippen molar-refractivity contribution in [1.82, 2.24) is 5.32 Å². The number of amides is 1. The Kier molecular flexibility index (Phi) is 5.69. The molecule has 1 saturated carbocycles. The zero-order chi connectivity index (χ0) is 11.1. The van der Waals surface area contributed by atoms with E-state index in [1.165, 1.54) is 32.1 Å². The summed E-state index contributed by atoms with van der Waals surface area (Å²) >= 11 is 0. The average molecular weight is 212 g/mol. The van der Waals surface area contributed by atoms with E-state index in [0.717, 1.165) is 18.9 Å². The molecular weight excluding hydrogens is 188 g/mol. The van der Waals surface area contributed by atoms with Crippen molar-refractivity contribution in [2.75, 3.05) is 6.54 Å². The topological polar surface area (TPSA) is 55.1 Å². The molecular formula is C12H24N2O. The number of carbonyl (C=O) groups is 1. The number of nitrogens with two attached hydrogens (primary N) is 1. The van der Waals surface area contributed by atoms with Crippen molar-refractivity contribution in [3.63, 3.8) is 0 Å². The summed E-state index contributed by atoms with van der Waals surface area (Å²) in [7, 11) is 0. The van der Waals surface area contributed by atoms with E-state index in [1.807, 2.05) is 6.92 Å². The maximum Gasteiger partial charge on any atom is 0.236 e. The van der Waals surface area contributed by atoms with Gasteiger partial charge < -0.3 is 11.1 Å². The van der Waals surface area contributed by atoms with Crippen molar-refractivity contribution in [3.05, 3.63) is 0 Å². The summed E-state index contributed by atoms with van der Waals surface area (Å²) in [6.45, 7) is 2.73. The van der Waals surface area contributed by atoms with E-state index in [1.54, 1.807) is 0 Å². The molecule has 0 spiro atoms. The molecule has 1 rings (SSSR count). The van der Waals surface area contributed by atoms with E-state index < -0.39 is 0 Å². The fraction of sp³-hybridized carbons (Fsp3) is 0.917. The highest BCUT2D eigenvalue weighted by Gasteiger charge is 2.14. The molecule has 0 radical (unpaired) electrons. The van der Waals surface area contributed by atoms with Crippen LogP contribution in [0.4, 0.5) is 0 Å². The number of nitrogens with one attached hydrogen (secondary N) is 1. The average Bonchev–Trinajstić information content (AvgIpc) is 2.75. The smallest absolute Gasteiger partial charge is 0.236 e. The Hall–Kier alpha value is -0.570. The van der Waals surface area contributed by atoms with Crippen molar-refractivity contribution >= 4 is 5.91 Å². The fourth-order valence-corrected chi connectivity index (χ4v) is 2.22. The fourth-order valence-electron chi connectivity index (χ4n) is 2.22. The highest BCUT2D eigenvalue weighted by atomic mass is 16.2. The minimum absolute atomic E-state index is 0.00363. The van der Waals surface area contributed by atoms with Gasteiger partial charge >= 0.3 is 0 Å². The third kappa shape index (κ3) is 4.65. The molecule has 1 aliphatic rings. The number of hydrogen-bond acceptors (Lipinski definition) is 2. The van der Waals surface area contributed by atoms with Crippen LogP contribution in [-0.2, 0) is 4.79 Å². The van der Waals surface area contributed by atoms with Gasteiger partial charge in [0.2, 0.25) is 5.91 Å². The standard InChI is InChI=1S/C12H24N2O/c1-2-11(13)12(15)14-9-5-8-10-6-3-4-7-10/h10-11H,2-9,13H2,1H3,(H,14,15)/t11-/m0/s1. The van der Waals surface area contributed by atoms with E-state index in [0.29, 0.717) is 6.42 Å². The normalized spacial score (nSPS) is 19.1. The van der Waals surface area contributed by atoms with Gasteiger partial charge in [-0.05, 0) is 25.2 Å². The summed E-state index contributed by atoms with van der Waals surface area (Å²) in [5, 5.41) is 2.89. The second-order valence-corrected chi connectivity index (χ2v) is 4.60. The molecule has 0 saturated heterocycles. The molecule has 88 valence electrons. The molecule has 3 N–H and O–H groups in total. The third-order valence-corrected chi connectivity index (χ3v) is 3.34. The molecule has 3 heteroatoms. The van der Waals surface area contributed by atoms with Crippen molar-refractivity contribution < 1.29 is 4.79 Å². The first-order chi connectivity index (χ1) is 7.24. The number of hydrogen-bond donors (Lipinski definition) is 2. The predicted molar refractivity (Wildman–Crippen MR) is 62.5 cm³/mol. The highest BCUT2D eigenvalue weighted by Crippen LogP contribution is 2.28. The van der Waals surface area contributed by atoms with Crippen LogP contribution >= 0.6 is 0 Å². The molecule has 1 fully saturated rings. The summed E-state index contributed by atoms with van der Waals surface area (Å²) in [5.74, 6) is 0.922. The highest BCUT2D eigenvalue weighted by molar-refractivity contribution is 5.81. The number of carbonyl (C=O) groups excluding carboxylic acids is 1. The lowest BCUT2D eigenvalue weighted by molar-refractivity contribution is -0.122. The maximum atomic E-state index is 11.3. The van der Waals surface area contributed by atoms with Crippen LogP contribution in [-0.4, -0.2) is 18.5 Å². The summed E-state index contributed by atoms with van der Waals surface area (Å²) in [4.78, 5) is 11.3. The van der Waals surface area contributed by atoms with Crippen LogP contribution in [0.2, 0.25) is 0 Å². The molecule has 0 heterocycles. The molecule has 1 aliphatic carbocycles. The summed E-state index contributed by atoms with van der Waals surface area (Å²) < 4.78 is 0. The Labute approximate surface area is 92.8 Å². The summed E-state index contributed by atoms with van der Waals surface area (Å²) in [5.41, 5.74) is 5.61. The zero-order valence-electron chi connectivity index (χ0n) is 9.80. The lowest BCUT2D eigenvalue weighted by Crippen LogP contribution is -2.40. The van der Waals surface area contributed by atoms with E-state index in [2.05, 4.69) is 5.32 Å². The Balaban J connectivity index is 1.98. The first-order valence-electron chi connectivity index (χ1n) is 6.27. The molecule has 0 bridgehead atoms. The van der Waals surface area contributed by atoms with Crippen molar-refractivity contribution in [2.45, 2.75) is 57.9 Å². The van der Waals surface area contributed by atoms with Gasteiger partial charge in [0.05, 0.1) is 6.04 Å². The lowest BCUT2D eigenvalue weighted by Gasteiger charge is -2.11. The minimum Gasteiger partial charge on any atom is -0.355 e. The van der Waals surface area contributed by atoms with Crippen LogP contribution in [0.3, 0.4) is 0 Å². The van der Waals surface area contributed by atoms with E-state index in [9.17, 15) is 4.79 Å². The zero-order valence-corrected chi connectivity index (χ0v) is 9.80. The van der Waals surface area contributed by atoms with Crippen LogP contribution in [0.5, 0.6) is 0 Å². The van der Waals surface area contributed by atoms with Gasteiger partial charge in [0.1, 0.15) is 0 Å². The van der Waals surface area contributed by atoms with E-state index >= 15 is 0 Å².